The Bertz CT molecular complexity index is 745. The van der Waals surface area contributed by atoms with Gasteiger partial charge in [0.25, 0.3) is 5.91 Å². The van der Waals surface area contributed by atoms with E-state index in [1.165, 1.54) is 5.01 Å². The first-order chi connectivity index (χ1) is 10.5. The van der Waals surface area contributed by atoms with Crippen LogP contribution in [0.2, 0.25) is 0 Å². The summed E-state index contributed by atoms with van der Waals surface area (Å²) < 4.78 is 0.676. The van der Waals surface area contributed by atoms with Crippen molar-refractivity contribution in [3.8, 4) is 0 Å². The van der Waals surface area contributed by atoms with Crippen molar-refractivity contribution in [2.75, 3.05) is 0 Å². The van der Waals surface area contributed by atoms with Crippen LogP contribution in [0.1, 0.15) is 29.3 Å². The second kappa shape index (κ2) is 5.66. The number of rotatable bonds is 2. The van der Waals surface area contributed by atoms with Gasteiger partial charge in [0.1, 0.15) is 0 Å². The molecule has 0 fully saturated rings. The van der Waals surface area contributed by atoms with Crippen molar-refractivity contribution in [2.45, 2.75) is 19.1 Å². The standard InChI is InChI=1S/C17H15BrN2O2/c1-12-11-17(22,13-7-3-2-4-8-13)20(19-12)16(21)14-9-5-6-10-15(14)18/h2-10,22H,11H2,1H3/t17-/m1/s1. The molecule has 2 aromatic carbocycles. The van der Waals surface area contributed by atoms with Crippen LogP contribution >= 0.6 is 15.9 Å². The number of carbonyl (C=O) groups is 1. The van der Waals surface area contributed by atoms with Gasteiger partial charge in [0.15, 0.2) is 5.72 Å². The molecule has 3 rings (SSSR count). The molecular formula is C17H15BrN2O2. The molecule has 2 aromatic rings. The van der Waals surface area contributed by atoms with Crippen LogP contribution in [0.5, 0.6) is 0 Å². The summed E-state index contributed by atoms with van der Waals surface area (Å²) in [5, 5.41) is 16.5. The van der Waals surface area contributed by atoms with E-state index >= 15 is 0 Å². The Morgan fingerprint density at radius 3 is 2.50 bits per heavy atom. The molecule has 0 unspecified atom stereocenters. The highest BCUT2D eigenvalue weighted by Crippen LogP contribution is 2.36. The first-order valence-corrected chi connectivity index (χ1v) is 7.73. The zero-order valence-corrected chi connectivity index (χ0v) is 13.6. The van der Waals surface area contributed by atoms with E-state index in [2.05, 4.69) is 21.0 Å². The van der Waals surface area contributed by atoms with Gasteiger partial charge in [-0.2, -0.15) is 10.1 Å². The van der Waals surface area contributed by atoms with E-state index in [9.17, 15) is 9.90 Å². The Kier molecular flexibility index (Phi) is 3.85. The molecule has 0 radical (unpaired) electrons. The number of hydrogen-bond donors (Lipinski definition) is 1. The molecule has 112 valence electrons. The molecular weight excluding hydrogens is 344 g/mol. The van der Waals surface area contributed by atoms with E-state index in [4.69, 9.17) is 0 Å². The number of halogens is 1. The summed E-state index contributed by atoms with van der Waals surface area (Å²) in [6, 6.07) is 16.3. The van der Waals surface area contributed by atoms with Gasteiger partial charge >= 0.3 is 0 Å². The number of hydrogen-bond acceptors (Lipinski definition) is 3. The fourth-order valence-corrected chi connectivity index (χ4v) is 3.07. The zero-order valence-electron chi connectivity index (χ0n) is 12.0. The van der Waals surface area contributed by atoms with Crippen molar-refractivity contribution in [3.05, 3.63) is 70.2 Å². The minimum atomic E-state index is -1.45. The van der Waals surface area contributed by atoms with Gasteiger partial charge in [-0.05, 0) is 35.0 Å². The average Bonchev–Trinajstić information content (AvgIpc) is 2.84. The van der Waals surface area contributed by atoms with Crippen molar-refractivity contribution >= 4 is 27.5 Å². The topological polar surface area (TPSA) is 52.9 Å². The highest BCUT2D eigenvalue weighted by Gasteiger charge is 2.45. The molecule has 22 heavy (non-hydrogen) atoms. The van der Waals surface area contributed by atoms with E-state index in [1.807, 2.05) is 24.3 Å². The zero-order chi connectivity index (χ0) is 15.7. The number of benzene rings is 2. The molecule has 1 heterocycles. The van der Waals surface area contributed by atoms with Crippen LogP contribution in [0.15, 0.2) is 64.2 Å². The second-order valence-electron chi connectivity index (χ2n) is 5.29. The smallest absolute Gasteiger partial charge is 0.278 e. The predicted octanol–water partition coefficient (Wildman–Crippen LogP) is 3.52. The molecule has 0 spiro atoms. The third-order valence-corrected chi connectivity index (χ3v) is 4.35. The maximum Gasteiger partial charge on any atom is 0.278 e. The molecule has 1 aliphatic heterocycles. The Morgan fingerprint density at radius 1 is 1.18 bits per heavy atom. The SMILES string of the molecule is CC1=NN(C(=O)c2ccccc2Br)[C@](O)(c2ccccc2)C1. The van der Waals surface area contributed by atoms with Crippen molar-refractivity contribution in [2.24, 2.45) is 5.10 Å². The van der Waals surface area contributed by atoms with E-state index in [1.54, 1.807) is 37.3 Å². The first kappa shape index (κ1) is 14.9. The lowest BCUT2D eigenvalue weighted by atomic mass is 9.97. The Balaban J connectivity index is 2.04. The fourth-order valence-electron chi connectivity index (χ4n) is 2.61. The second-order valence-corrected chi connectivity index (χ2v) is 6.15. The van der Waals surface area contributed by atoms with Crippen molar-refractivity contribution in [1.82, 2.24) is 5.01 Å². The minimum Gasteiger partial charge on any atom is -0.365 e. The largest absolute Gasteiger partial charge is 0.365 e. The maximum atomic E-state index is 12.8. The summed E-state index contributed by atoms with van der Waals surface area (Å²) >= 11 is 3.38. The quantitative estimate of drug-likeness (QED) is 0.892. The van der Waals surface area contributed by atoms with Gasteiger partial charge in [-0.1, -0.05) is 42.5 Å². The summed E-state index contributed by atoms with van der Waals surface area (Å²) in [6.45, 7) is 1.81. The maximum absolute atomic E-state index is 12.8. The van der Waals surface area contributed by atoms with Crippen LogP contribution in [-0.4, -0.2) is 21.7 Å². The normalized spacial score (nSPS) is 20.9. The Morgan fingerprint density at radius 2 is 1.82 bits per heavy atom. The lowest BCUT2D eigenvalue weighted by molar-refractivity contribution is -0.0765. The van der Waals surface area contributed by atoms with Gasteiger partial charge < -0.3 is 5.11 Å². The first-order valence-electron chi connectivity index (χ1n) is 6.93. The fraction of sp³-hybridized carbons (Fsp3) is 0.176. The van der Waals surface area contributed by atoms with E-state index in [0.717, 1.165) is 0 Å². The third kappa shape index (κ3) is 2.46. The van der Waals surface area contributed by atoms with Crippen molar-refractivity contribution < 1.29 is 9.90 Å². The minimum absolute atomic E-state index is 0.299. The molecule has 4 nitrogen and oxygen atoms in total. The van der Waals surface area contributed by atoms with Gasteiger partial charge in [0.2, 0.25) is 0 Å². The summed E-state index contributed by atoms with van der Waals surface area (Å²) in [5.74, 6) is -0.337. The van der Waals surface area contributed by atoms with Crippen molar-refractivity contribution in [1.29, 1.82) is 0 Å². The Labute approximate surface area is 137 Å². The van der Waals surface area contributed by atoms with E-state index in [-0.39, 0.29) is 5.91 Å². The molecule has 0 saturated carbocycles. The van der Waals surface area contributed by atoms with Crippen LogP contribution in [0.3, 0.4) is 0 Å². The molecule has 0 saturated heterocycles. The number of aliphatic hydroxyl groups is 1. The number of nitrogens with zero attached hydrogens (tertiary/aromatic N) is 2. The van der Waals surface area contributed by atoms with Crippen LogP contribution < -0.4 is 0 Å². The molecule has 0 aliphatic carbocycles. The third-order valence-electron chi connectivity index (χ3n) is 3.66. The molecule has 0 bridgehead atoms. The van der Waals surface area contributed by atoms with Crippen LogP contribution in [-0.2, 0) is 5.72 Å². The summed E-state index contributed by atoms with van der Waals surface area (Å²) in [5.41, 5.74) is 0.385. The van der Waals surface area contributed by atoms with Gasteiger partial charge in [-0.15, -0.1) is 0 Å². The van der Waals surface area contributed by atoms with Crippen LogP contribution in [0, 0.1) is 0 Å². The number of hydrazone groups is 1. The van der Waals surface area contributed by atoms with Crippen LogP contribution in [0.4, 0.5) is 0 Å². The molecule has 1 aliphatic rings. The summed E-state index contributed by atoms with van der Waals surface area (Å²) in [6.07, 6.45) is 0.299. The highest BCUT2D eigenvalue weighted by molar-refractivity contribution is 9.10. The average molecular weight is 359 g/mol. The lowest BCUT2D eigenvalue weighted by Gasteiger charge is -2.31. The van der Waals surface area contributed by atoms with Gasteiger partial charge in [-0.25, -0.2) is 0 Å². The summed E-state index contributed by atoms with van der Waals surface area (Å²) in [4.78, 5) is 12.8. The van der Waals surface area contributed by atoms with Gasteiger partial charge in [-0.3, -0.25) is 4.79 Å². The number of carbonyl (C=O) groups excluding carboxylic acids is 1. The van der Waals surface area contributed by atoms with Crippen molar-refractivity contribution in [3.63, 3.8) is 0 Å². The predicted molar refractivity (Wildman–Crippen MR) is 88.4 cm³/mol. The molecule has 1 atom stereocenters. The number of amides is 1. The highest BCUT2D eigenvalue weighted by atomic mass is 79.9. The van der Waals surface area contributed by atoms with E-state index in [0.29, 0.717) is 27.7 Å². The molecule has 1 N–H and O–H groups in total. The lowest BCUT2D eigenvalue weighted by Crippen LogP contribution is -2.43. The van der Waals surface area contributed by atoms with E-state index < -0.39 is 5.72 Å². The molecule has 1 amide bonds. The summed E-state index contributed by atoms with van der Waals surface area (Å²) in [7, 11) is 0. The molecule has 0 aromatic heterocycles. The monoisotopic (exact) mass is 358 g/mol. The Hall–Kier alpha value is -1.98. The van der Waals surface area contributed by atoms with Gasteiger partial charge in [0.05, 0.1) is 5.56 Å². The van der Waals surface area contributed by atoms with Gasteiger partial charge in [0, 0.05) is 22.2 Å². The van der Waals surface area contributed by atoms with Crippen LogP contribution in [0.25, 0.3) is 0 Å². The molecule has 5 heteroatoms.